The number of nitrogens with one attached hydrogen (secondary N) is 3. The van der Waals surface area contributed by atoms with Crippen molar-refractivity contribution in [2.45, 2.75) is 39.7 Å². The Morgan fingerprint density at radius 1 is 0.897 bits per heavy atom. The molecule has 2 aromatic heterocycles. The molecule has 3 N–H and O–H groups in total. The van der Waals surface area contributed by atoms with Gasteiger partial charge in [-0.2, -0.15) is 9.97 Å². The lowest BCUT2D eigenvalue weighted by molar-refractivity contribution is -0.384. The normalized spacial score (nSPS) is 11.4. The van der Waals surface area contributed by atoms with Crippen molar-refractivity contribution in [3.63, 3.8) is 0 Å². The molecule has 2 aromatic carbocycles. The minimum absolute atomic E-state index is 0.00989. The van der Waals surface area contributed by atoms with Crippen molar-refractivity contribution < 1.29 is 43.1 Å². The lowest BCUT2D eigenvalue weighted by Gasteiger charge is -2.16. The molecular weight excluding hydrogens is 756 g/mol. The minimum atomic E-state index is -1.22. The van der Waals surface area contributed by atoms with Crippen molar-refractivity contribution >= 4 is 64.4 Å². The molecule has 1 unspecified atom stereocenters. The van der Waals surface area contributed by atoms with Crippen LogP contribution in [0, 0.1) is 16.0 Å². The van der Waals surface area contributed by atoms with Gasteiger partial charge in [0.25, 0.3) is 11.6 Å². The molecule has 0 aliphatic rings. The van der Waals surface area contributed by atoms with Gasteiger partial charge in [-0.15, -0.1) is 0 Å². The highest BCUT2D eigenvalue weighted by Crippen LogP contribution is 2.24. The second-order valence-electron chi connectivity index (χ2n) is 12.8. The fourth-order valence-corrected chi connectivity index (χ4v) is 5.14. The van der Waals surface area contributed by atoms with Gasteiger partial charge in [0.05, 0.1) is 49.4 Å². The van der Waals surface area contributed by atoms with E-state index in [2.05, 4.69) is 40.9 Å². The van der Waals surface area contributed by atoms with Gasteiger partial charge in [0.1, 0.15) is 19.1 Å². The summed E-state index contributed by atoms with van der Waals surface area (Å²) in [6.45, 7) is 2.82. The average Bonchev–Trinajstić information content (AvgIpc) is 3.19. The second-order valence-corrected chi connectivity index (χ2v) is 12.8. The topological polar surface area (TPSA) is 259 Å². The first-order valence-electron chi connectivity index (χ1n) is 18.1. The molecule has 58 heavy (non-hydrogen) atoms. The molecule has 20 heteroatoms. The average molecular weight is 801 g/mol. The van der Waals surface area contributed by atoms with E-state index >= 15 is 0 Å². The third-order valence-electron chi connectivity index (χ3n) is 7.97. The van der Waals surface area contributed by atoms with Crippen molar-refractivity contribution in [1.29, 1.82) is 0 Å². The molecule has 0 bridgehead atoms. The van der Waals surface area contributed by atoms with E-state index in [9.17, 15) is 34.1 Å². The summed E-state index contributed by atoms with van der Waals surface area (Å²) in [4.78, 5) is 95.7. The quantitative estimate of drug-likeness (QED) is 0.0151. The number of aliphatic imine (C=N–C) groups is 1. The highest BCUT2D eigenvalue weighted by molar-refractivity contribution is 6.10. The SMILES string of the molecule is CC(=O)OCCNC(=O)CCC(C(=O)NCCOC(C)=O)C(=O)c1ccc(NCc2cnc3nc(/N=C/N(C)C)nc(OCCc4ccc([N+](=O)[O-])cc4)c3n2)cc1. The number of fused-ring (bicyclic) bond motifs is 1. The Bertz CT molecular complexity index is 2110. The Balaban J connectivity index is 1.44. The highest BCUT2D eigenvalue weighted by atomic mass is 16.6. The number of nitro groups is 1. The fourth-order valence-electron chi connectivity index (χ4n) is 5.14. The van der Waals surface area contributed by atoms with Crippen LogP contribution in [0.1, 0.15) is 48.3 Å². The molecule has 0 fully saturated rings. The summed E-state index contributed by atoms with van der Waals surface area (Å²) in [5.41, 5.74) is 2.72. The van der Waals surface area contributed by atoms with E-state index in [0.717, 1.165) is 5.56 Å². The third kappa shape index (κ3) is 14.2. The molecular formula is C38H44N10O10. The van der Waals surface area contributed by atoms with Gasteiger partial charge in [0, 0.05) is 64.2 Å². The number of anilines is 1. The van der Waals surface area contributed by atoms with Gasteiger partial charge in [-0.25, -0.2) is 15.0 Å². The molecule has 2 heterocycles. The smallest absolute Gasteiger partial charge is 0.302 e. The molecule has 306 valence electrons. The van der Waals surface area contributed by atoms with Crippen LogP contribution in [-0.2, 0) is 41.6 Å². The number of ketones is 1. The standard InChI is InChI=1S/C38H44N10O10/c1-24(49)56-19-16-39-32(51)14-13-31(36(53)40-17-20-57-25(2)50)34(52)27-7-9-28(10-8-27)41-21-29-22-42-35-33(44-29)37(46-38(45-35)43-23-47(3)4)58-18-15-26-5-11-30(12-6-26)48(54)55/h5-12,22-23,31,41H,13-21H2,1-4H3,(H,39,51)(H,40,53)/b43-23+. The van der Waals surface area contributed by atoms with E-state index in [-0.39, 0.29) is 81.0 Å². The number of non-ortho nitro benzene ring substituents is 1. The van der Waals surface area contributed by atoms with Crippen LogP contribution in [0.3, 0.4) is 0 Å². The summed E-state index contributed by atoms with van der Waals surface area (Å²) >= 11 is 0. The zero-order chi connectivity index (χ0) is 42.0. The third-order valence-corrected chi connectivity index (χ3v) is 7.97. The van der Waals surface area contributed by atoms with Crippen LogP contribution in [-0.4, -0.2) is 113 Å². The number of hydrogen-bond donors (Lipinski definition) is 3. The summed E-state index contributed by atoms with van der Waals surface area (Å²) in [5.74, 6) is -3.53. The maximum atomic E-state index is 13.6. The zero-order valence-electron chi connectivity index (χ0n) is 32.4. The monoisotopic (exact) mass is 800 g/mol. The molecule has 0 radical (unpaired) electrons. The van der Waals surface area contributed by atoms with E-state index in [0.29, 0.717) is 23.3 Å². The van der Waals surface area contributed by atoms with Crippen LogP contribution in [0.15, 0.2) is 59.7 Å². The lowest BCUT2D eigenvalue weighted by atomic mass is 9.92. The van der Waals surface area contributed by atoms with Crippen LogP contribution < -0.4 is 20.7 Å². The molecule has 0 saturated carbocycles. The van der Waals surface area contributed by atoms with Gasteiger partial charge in [-0.1, -0.05) is 12.1 Å². The summed E-state index contributed by atoms with van der Waals surface area (Å²) in [5, 5.41) is 19.4. The Morgan fingerprint density at radius 2 is 1.57 bits per heavy atom. The number of amides is 2. The molecule has 0 saturated heterocycles. The second kappa shape index (κ2) is 21.8. The van der Waals surface area contributed by atoms with Gasteiger partial charge in [0.2, 0.25) is 17.7 Å². The molecule has 4 rings (SSSR count). The number of aromatic nitrogens is 4. The van der Waals surface area contributed by atoms with E-state index in [4.69, 9.17) is 14.2 Å². The van der Waals surface area contributed by atoms with Crippen molar-refractivity contribution in [2.75, 3.05) is 52.3 Å². The summed E-state index contributed by atoms with van der Waals surface area (Å²) < 4.78 is 15.7. The van der Waals surface area contributed by atoms with Crippen LogP contribution in [0.25, 0.3) is 11.2 Å². The fraction of sp³-hybridized carbons (Fsp3) is 0.368. The highest BCUT2D eigenvalue weighted by Gasteiger charge is 2.28. The Morgan fingerprint density at radius 3 is 2.21 bits per heavy atom. The molecule has 0 spiro atoms. The number of nitro benzene ring substituents is 1. The first-order valence-corrected chi connectivity index (χ1v) is 18.1. The predicted octanol–water partition coefficient (Wildman–Crippen LogP) is 2.72. The van der Waals surface area contributed by atoms with Crippen molar-refractivity contribution in [2.24, 2.45) is 10.9 Å². The van der Waals surface area contributed by atoms with Gasteiger partial charge in [0.15, 0.2) is 16.9 Å². The first kappa shape index (κ1) is 43.6. The van der Waals surface area contributed by atoms with Crippen molar-refractivity contribution in [3.05, 3.63) is 81.7 Å². The van der Waals surface area contributed by atoms with E-state index < -0.39 is 40.4 Å². The van der Waals surface area contributed by atoms with Crippen LogP contribution >= 0.6 is 0 Å². The molecule has 4 aromatic rings. The predicted molar refractivity (Wildman–Crippen MR) is 209 cm³/mol. The van der Waals surface area contributed by atoms with Crippen molar-refractivity contribution in [3.8, 4) is 5.88 Å². The van der Waals surface area contributed by atoms with Gasteiger partial charge >= 0.3 is 11.9 Å². The summed E-state index contributed by atoms with van der Waals surface area (Å²) in [6, 6.07) is 12.6. The number of hydrogen-bond acceptors (Lipinski definition) is 16. The van der Waals surface area contributed by atoms with Crippen LogP contribution in [0.2, 0.25) is 0 Å². The number of rotatable bonds is 22. The summed E-state index contributed by atoms with van der Waals surface area (Å²) in [7, 11) is 3.60. The molecule has 0 aliphatic heterocycles. The largest absolute Gasteiger partial charge is 0.476 e. The molecule has 2 amide bonds. The zero-order valence-corrected chi connectivity index (χ0v) is 32.4. The van der Waals surface area contributed by atoms with E-state index in [1.54, 1.807) is 55.4 Å². The Labute approximate surface area is 333 Å². The number of ether oxygens (including phenoxy) is 3. The number of carbonyl (C=O) groups excluding carboxylic acids is 5. The number of esters is 2. The lowest BCUT2D eigenvalue weighted by Crippen LogP contribution is -2.38. The number of Topliss-reactive ketones (excluding diaryl/α,β-unsaturated/α-hetero) is 1. The van der Waals surface area contributed by atoms with Gasteiger partial charge in [-0.3, -0.25) is 34.1 Å². The maximum Gasteiger partial charge on any atom is 0.302 e. The molecule has 20 nitrogen and oxygen atoms in total. The van der Waals surface area contributed by atoms with Crippen LogP contribution in [0.5, 0.6) is 5.88 Å². The number of carbonyl (C=O) groups is 5. The van der Waals surface area contributed by atoms with Gasteiger partial charge < -0.3 is 35.1 Å². The van der Waals surface area contributed by atoms with E-state index in [1.165, 1.54) is 38.5 Å². The molecule has 1 atom stereocenters. The number of nitrogens with zero attached hydrogens (tertiary/aromatic N) is 7. The first-order chi connectivity index (χ1) is 27.8. The minimum Gasteiger partial charge on any atom is -0.476 e. The summed E-state index contributed by atoms with van der Waals surface area (Å²) in [6.07, 6.45) is 3.25. The van der Waals surface area contributed by atoms with Crippen LogP contribution in [0.4, 0.5) is 17.3 Å². The maximum absolute atomic E-state index is 13.6. The van der Waals surface area contributed by atoms with Gasteiger partial charge in [-0.05, 0) is 36.2 Å². The molecule has 0 aliphatic carbocycles. The number of benzene rings is 2. The van der Waals surface area contributed by atoms with Crippen molar-refractivity contribution in [1.82, 2.24) is 35.5 Å². The Hall–Kier alpha value is -7.12. The Kier molecular flexibility index (Phi) is 16.4. The van der Waals surface area contributed by atoms with E-state index in [1.807, 2.05) is 0 Å².